The van der Waals surface area contributed by atoms with Crippen molar-refractivity contribution >= 4 is 27.0 Å². The van der Waals surface area contributed by atoms with E-state index in [0.717, 1.165) is 22.4 Å². The van der Waals surface area contributed by atoms with E-state index in [1.807, 2.05) is 36.4 Å². The maximum Gasteiger partial charge on any atom is 0.243 e. The Morgan fingerprint density at radius 3 is 2.47 bits per heavy atom. The SMILES string of the molecule is CC(C)c1ccc(S(=O)(=O)N2CCC(C(=O)NCCc3nc4ccccc4[nH]3)CC2)cc1. The molecule has 2 aromatic carbocycles. The Morgan fingerprint density at radius 2 is 1.81 bits per heavy atom. The van der Waals surface area contributed by atoms with Crippen LogP contribution in [-0.2, 0) is 21.2 Å². The first-order valence-corrected chi connectivity index (χ1v) is 12.6. The van der Waals surface area contributed by atoms with Crippen LogP contribution in [0.5, 0.6) is 0 Å². The van der Waals surface area contributed by atoms with E-state index < -0.39 is 10.0 Å². The number of H-pyrrole nitrogens is 1. The second-order valence-corrected chi connectivity index (χ2v) is 10.6. The lowest BCUT2D eigenvalue weighted by molar-refractivity contribution is -0.126. The minimum Gasteiger partial charge on any atom is -0.355 e. The Kier molecular flexibility index (Phi) is 6.62. The number of para-hydroxylation sites is 2. The lowest BCUT2D eigenvalue weighted by Gasteiger charge is -2.30. The third-order valence-electron chi connectivity index (χ3n) is 6.11. The normalized spacial score (nSPS) is 16.0. The molecule has 1 fully saturated rings. The molecule has 0 aliphatic carbocycles. The van der Waals surface area contributed by atoms with Crippen LogP contribution in [0.15, 0.2) is 53.4 Å². The zero-order valence-electron chi connectivity index (χ0n) is 18.5. The molecule has 0 radical (unpaired) electrons. The molecule has 1 amide bonds. The lowest BCUT2D eigenvalue weighted by Crippen LogP contribution is -2.43. The van der Waals surface area contributed by atoms with Gasteiger partial charge in [0.25, 0.3) is 0 Å². The van der Waals surface area contributed by atoms with E-state index in [1.54, 1.807) is 12.1 Å². The highest BCUT2D eigenvalue weighted by atomic mass is 32.2. The Bertz CT molecular complexity index is 1140. The number of hydrogen-bond acceptors (Lipinski definition) is 4. The molecule has 0 spiro atoms. The van der Waals surface area contributed by atoms with Gasteiger partial charge in [-0.3, -0.25) is 4.79 Å². The number of aromatic amines is 1. The second kappa shape index (κ2) is 9.42. The van der Waals surface area contributed by atoms with Crippen molar-refractivity contribution in [2.75, 3.05) is 19.6 Å². The number of amides is 1. The van der Waals surface area contributed by atoms with Gasteiger partial charge in [-0.2, -0.15) is 4.31 Å². The molecule has 2 heterocycles. The van der Waals surface area contributed by atoms with E-state index in [-0.39, 0.29) is 11.8 Å². The molecule has 0 saturated carbocycles. The molecule has 170 valence electrons. The van der Waals surface area contributed by atoms with Gasteiger partial charge in [-0.1, -0.05) is 38.1 Å². The minimum atomic E-state index is -3.53. The predicted octanol–water partition coefficient (Wildman–Crippen LogP) is 3.45. The largest absolute Gasteiger partial charge is 0.355 e. The molecule has 1 aromatic heterocycles. The number of nitrogens with zero attached hydrogens (tertiary/aromatic N) is 2. The molecule has 1 aliphatic heterocycles. The van der Waals surface area contributed by atoms with Gasteiger partial charge in [0.05, 0.1) is 15.9 Å². The maximum absolute atomic E-state index is 13.0. The van der Waals surface area contributed by atoms with E-state index in [0.29, 0.717) is 49.7 Å². The third-order valence-corrected chi connectivity index (χ3v) is 8.02. The predicted molar refractivity (Wildman–Crippen MR) is 125 cm³/mol. The van der Waals surface area contributed by atoms with Crippen molar-refractivity contribution in [3.05, 3.63) is 59.9 Å². The van der Waals surface area contributed by atoms with Crippen LogP contribution in [-0.4, -0.2) is 48.2 Å². The van der Waals surface area contributed by atoms with Crippen LogP contribution in [0.4, 0.5) is 0 Å². The summed E-state index contributed by atoms with van der Waals surface area (Å²) in [5.74, 6) is 1.02. The van der Waals surface area contributed by atoms with Gasteiger partial charge in [-0.05, 0) is 48.6 Å². The number of sulfonamides is 1. The van der Waals surface area contributed by atoms with Crippen LogP contribution in [0.3, 0.4) is 0 Å². The topological polar surface area (TPSA) is 95.2 Å². The van der Waals surface area contributed by atoms with Gasteiger partial charge in [0.15, 0.2) is 0 Å². The molecule has 32 heavy (non-hydrogen) atoms. The maximum atomic E-state index is 13.0. The van der Waals surface area contributed by atoms with Gasteiger partial charge in [0.2, 0.25) is 15.9 Å². The van der Waals surface area contributed by atoms with E-state index in [9.17, 15) is 13.2 Å². The van der Waals surface area contributed by atoms with Gasteiger partial charge >= 0.3 is 0 Å². The van der Waals surface area contributed by atoms with Crippen molar-refractivity contribution in [2.45, 2.75) is 43.9 Å². The summed E-state index contributed by atoms with van der Waals surface area (Å²) in [6.45, 7) is 5.37. The summed E-state index contributed by atoms with van der Waals surface area (Å²) in [6.07, 6.45) is 1.68. The number of imidazole rings is 1. The Morgan fingerprint density at radius 1 is 1.12 bits per heavy atom. The third kappa shape index (κ3) is 4.86. The van der Waals surface area contributed by atoms with E-state index in [4.69, 9.17) is 0 Å². The summed E-state index contributed by atoms with van der Waals surface area (Å²) in [7, 11) is -3.53. The van der Waals surface area contributed by atoms with Gasteiger partial charge in [0, 0.05) is 32.0 Å². The molecule has 1 aliphatic rings. The van der Waals surface area contributed by atoms with Crippen LogP contribution < -0.4 is 5.32 Å². The molecule has 3 aromatic rings. The minimum absolute atomic E-state index is 0.0144. The van der Waals surface area contributed by atoms with Crippen LogP contribution in [0.25, 0.3) is 11.0 Å². The summed E-state index contributed by atoms with van der Waals surface area (Å²) >= 11 is 0. The smallest absolute Gasteiger partial charge is 0.243 e. The van der Waals surface area contributed by atoms with Crippen molar-refractivity contribution in [1.82, 2.24) is 19.6 Å². The average molecular weight is 455 g/mol. The number of benzene rings is 2. The fourth-order valence-electron chi connectivity index (χ4n) is 4.10. The highest BCUT2D eigenvalue weighted by Gasteiger charge is 2.32. The van der Waals surface area contributed by atoms with Gasteiger partial charge in [-0.15, -0.1) is 0 Å². The highest BCUT2D eigenvalue weighted by molar-refractivity contribution is 7.89. The van der Waals surface area contributed by atoms with Crippen LogP contribution in [0.2, 0.25) is 0 Å². The Hall–Kier alpha value is -2.71. The molecule has 8 heteroatoms. The summed E-state index contributed by atoms with van der Waals surface area (Å²) in [5, 5.41) is 2.98. The van der Waals surface area contributed by atoms with Gasteiger partial charge < -0.3 is 10.3 Å². The van der Waals surface area contributed by atoms with Crippen molar-refractivity contribution in [2.24, 2.45) is 5.92 Å². The number of hydrogen-bond donors (Lipinski definition) is 2. The van der Waals surface area contributed by atoms with E-state index >= 15 is 0 Å². The molecular formula is C24H30N4O3S. The van der Waals surface area contributed by atoms with Gasteiger partial charge in [-0.25, -0.2) is 13.4 Å². The number of aromatic nitrogens is 2. The molecule has 4 rings (SSSR count). The molecule has 0 atom stereocenters. The summed E-state index contributed by atoms with van der Waals surface area (Å²) in [6, 6.07) is 14.9. The lowest BCUT2D eigenvalue weighted by atomic mass is 9.97. The zero-order chi connectivity index (χ0) is 22.7. The average Bonchev–Trinajstić information content (AvgIpc) is 3.22. The number of piperidine rings is 1. The first-order valence-electron chi connectivity index (χ1n) is 11.2. The van der Waals surface area contributed by atoms with Crippen LogP contribution >= 0.6 is 0 Å². The van der Waals surface area contributed by atoms with Crippen molar-refractivity contribution < 1.29 is 13.2 Å². The molecule has 7 nitrogen and oxygen atoms in total. The summed E-state index contributed by atoms with van der Waals surface area (Å²) in [4.78, 5) is 20.7. The fraction of sp³-hybridized carbons (Fsp3) is 0.417. The molecule has 0 bridgehead atoms. The number of nitrogens with one attached hydrogen (secondary N) is 2. The number of carbonyl (C=O) groups is 1. The zero-order valence-corrected chi connectivity index (χ0v) is 19.4. The second-order valence-electron chi connectivity index (χ2n) is 8.64. The number of carbonyl (C=O) groups excluding carboxylic acids is 1. The molecular weight excluding hydrogens is 424 g/mol. The molecule has 1 saturated heterocycles. The van der Waals surface area contributed by atoms with E-state index in [2.05, 4.69) is 29.1 Å². The molecule has 2 N–H and O–H groups in total. The fourth-order valence-corrected chi connectivity index (χ4v) is 5.57. The summed E-state index contributed by atoms with van der Waals surface area (Å²) < 4.78 is 27.4. The number of fused-ring (bicyclic) bond motifs is 1. The van der Waals surface area contributed by atoms with Crippen molar-refractivity contribution in [3.63, 3.8) is 0 Å². The highest BCUT2D eigenvalue weighted by Crippen LogP contribution is 2.25. The quantitative estimate of drug-likeness (QED) is 0.572. The molecule has 0 unspecified atom stereocenters. The Balaban J connectivity index is 1.27. The first-order chi connectivity index (χ1) is 15.3. The Labute approximate surface area is 189 Å². The van der Waals surface area contributed by atoms with Gasteiger partial charge in [0.1, 0.15) is 5.82 Å². The first kappa shape index (κ1) is 22.5. The van der Waals surface area contributed by atoms with Crippen molar-refractivity contribution in [3.8, 4) is 0 Å². The van der Waals surface area contributed by atoms with Crippen molar-refractivity contribution in [1.29, 1.82) is 0 Å². The summed E-state index contributed by atoms with van der Waals surface area (Å²) in [5.41, 5.74) is 3.02. The van der Waals surface area contributed by atoms with Crippen LogP contribution in [0, 0.1) is 5.92 Å². The number of rotatable bonds is 7. The standard InChI is InChI=1S/C24H30N4O3S/c1-17(2)18-7-9-20(10-8-18)32(30,31)28-15-12-19(13-16-28)24(29)25-14-11-23-26-21-5-3-4-6-22(21)27-23/h3-10,17,19H,11-16H2,1-2H3,(H,25,29)(H,26,27). The monoisotopic (exact) mass is 454 g/mol. The van der Waals surface area contributed by atoms with Crippen LogP contribution in [0.1, 0.15) is 44.0 Å². The van der Waals surface area contributed by atoms with E-state index in [1.165, 1.54) is 4.31 Å².